The molecule has 2 N–H and O–H groups in total. The molecule has 0 spiro atoms. The Morgan fingerprint density at radius 2 is 1.90 bits per heavy atom. The Bertz CT molecular complexity index is 621. The Morgan fingerprint density at radius 1 is 1.15 bits per heavy atom. The minimum Gasteiger partial charge on any atom is -0.507 e. The lowest BCUT2D eigenvalue weighted by Crippen LogP contribution is -2.24. The number of halogens is 1. The zero-order chi connectivity index (χ0) is 14.1. The summed E-state index contributed by atoms with van der Waals surface area (Å²) < 4.78 is 0.575. The van der Waals surface area contributed by atoms with E-state index in [0.717, 1.165) is 24.9 Å². The van der Waals surface area contributed by atoms with Crippen molar-refractivity contribution in [1.82, 2.24) is 9.97 Å². The summed E-state index contributed by atoms with van der Waals surface area (Å²) in [6, 6.07) is 4.93. The molecule has 1 atom stereocenters. The van der Waals surface area contributed by atoms with Gasteiger partial charge in [-0.2, -0.15) is 0 Å². The van der Waals surface area contributed by atoms with Crippen molar-refractivity contribution in [2.75, 3.05) is 11.4 Å². The molecule has 0 amide bonds. The fraction of sp³-hybridized carbons (Fsp3) is 0.286. The number of benzene rings is 1. The van der Waals surface area contributed by atoms with Crippen LogP contribution in [0, 0.1) is 0 Å². The summed E-state index contributed by atoms with van der Waals surface area (Å²) in [4.78, 5) is 10.6. The molecule has 20 heavy (non-hydrogen) atoms. The highest BCUT2D eigenvalue weighted by atomic mass is 79.9. The number of rotatable bonds is 2. The molecule has 0 saturated carbocycles. The zero-order valence-electron chi connectivity index (χ0n) is 10.7. The number of phenols is 2. The van der Waals surface area contributed by atoms with Crippen molar-refractivity contribution in [1.29, 1.82) is 0 Å². The van der Waals surface area contributed by atoms with Gasteiger partial charge < -0.3 is 15.1 Å². The van der Waals surface area contributed by atoms with Crippen LogP contribution in [0.25, 0.3) is 0 Å². The molecule has 5 nitrogen and oxygen atoms in total. The van der Waals surface area contributed by atoms with E-state index >= 15 is 0 Å². The third kappa shape index (κ3) is 2.31. The van der Waals surface area contributed by atoms with Gasteiger partial charge in [0.2, 0.25) is 5.95 Å². The van der Waals surface area contributed by atoms with Crippen LogP contribution in [0.15, 0.2) is 35.1 Å². The first-order valence-electron chi connectivity index (χ1n) is 6.42. The molecule has 6 heteroatoms. The van der Waals surface area contributed by atoms with Crippen molar-refractivity contribution >= 4 is 21.9 Å². The molecule has 1 aromatic heterocycles. The van der Waals surface area contributed by atoms with Crippen LogP contribution < -0.4 is 4.90 Å². The standard InChI is InChI=1S/C14H14BrN3O2/c15-10-7-9(12(19)8-13(10)20)11-3-1-6-18(11)14-16-4-2-5-17-14/h2,4-5,7-8,11,19-20H,1,3,6H2. The van der Waals surface area contributed by atoms with Gasteiger partial charge in [0.25, 0.3) is 0 Å². The highest BCUT2D eigenvalue weighted by molar-refractivity contribution is 9.10. The summed E-state index contributed by atoms with van der Waals surface area (Å²) in [6.45, 7) is 0.854. The molecule has 0 aliphatic carbocycles. The molecule has 1 fully saturated rings. The Kier molecular flexibility index (Phi) is 3.48. The van der Waals surface area contributed by atoms with Gasteiger partial charge in [-0.05, 0) is 40.9 Å². The number of aromatic nitrogens is 2. The second kappa shape index (κ2) is 5.28. The monoisotopic (exact) mass is 335 g/mol. The van der Waals surface area contributed by atoms with E-state index in [1.165, 1.54) is 6.07 Å². The van der Waals surface area contributed by atoms with Crippen LogP contribution in [0.5, 0.6) is 11.5 Å². The topological polar surface area (TPSA) is 69.5 Å². The molecule has 104 valence electrons. The first kappa shape index (κ1) is 13.2. The summed E-state index contributed by atoms with van der Waals surface area (Å²) in [5.74, 6) is 0.795. The van der Waals surface area contributed by atoms with Gasteiger partial charge in [0, 0.05) is 30.6 Å². The van der Waals surface area contributed by atoms with Gasteiger partial charge in [-0.1, -0.05) is 0 Å². The molecule has 2 aromatic rings. The Hall–Kier alpha value is -1.82. The van der Waals surface area contributed by atoms with Gasteiger partial charge in [-0.3, -0.25) is 0 Å². The molecule has 3 rings (SSSR count). The maximum absolute atomic E-state index is 10.1. The van der Waals surface area contributed by atoms with Gasteiger partial charge in [0.15, 0.2) is 0 Å². The lowest BCUT2D eigenvalue weighted by molar-refractivity contribution is 0.439. The molecule has 1 aliphatic rings. The van der Waals surface area contributed by atoms with Gasteiger partial charge in [0.1, 0.15) is 11.5 Å². The van der Waals surface area contributed by atoms with E-state index in [4.69, 9.17) is 0 Å². The number of anilines is 1. The Morgan fingerprint density at radius 3 is 2.65 bits per heavy atom. The van der Waals surface area contributed by atoms with Crippen LogP contribution >= 0.6 is 15.9 Å². The fourth-order valence-electron chi connectivity index (χ4n) is 2.60. The highest BCUT2D eigenvalue weighted by Crippen LogP contribution is 2.41. The number of hydrogen-bond acceptors (Lipinski definition) is 5. The fourth-order valence-corrected chi connectivity index (χ4v) is 2.96. The first-order valence-corrected chi connectivity index (χ1v) is 7.21. The summed E-state index contributed by atoms with van der Waals surface area (Å²) in [6.07, 6.45) is 5.36. The van der Waals surface area contributed by atoms with E-state index in [1.807, 2.05) is 0 Å². The smallest absolute Gasteiger partial charge is 0.225 e. The van der Waals surface area contributed by atoms with E-state index in [9.17, 15) is 10.2 Å². The molecule has 2 heterocycles. The van der Waals surface area contributed by atoms with Gasteiger partial charge in [-0.15, -0.1) is 0 Å². The first-order chi connectivity index (χ1) is 9.66. The van der Waals surface area contributed by atoms with Crippen molar-refractivity contribution in [2.45, 2.75) is 18.9 Å². The summed E-state index contributed by atoms with van der Waals surface area (Å²) in [5, 5.41) is 19.7. The van der Waals surface area contributed by atoms with Gasteiger partial charge in [0.05, 0.1) is 10.5 Å². The van der Waals surface area contributed by atoms with Crippen LogP contribution in [0.1, 0.15) is 24.4 Å². The maximum Gasteiger partial charge on any atom is 0.225 e. The quantitative estimate of drug-likeness (QED) is 0.882. The SMILES string of the molecule is Oc1cc(O)c(C2CCCN2c2ncccn2)cc1Br. The van der Waals surface area contributed by atoms with Crippen LogP contribution in [0.4, 0.5) is 5.95 Å². The Labute approximate surface area is 125 Å². The van der Waals surface area contributed by atoms with Gasteiger partial charge >= 0.3 is 0 Å². The number of nitrogens with zero attached hydrogens (tertiary/aromatic N) is 3. The summed E-state index contributed by atoms with van der Waals surface area (Å²) in [7, 11) is 0. The number of aromatic hydroxyl groups is 2. The lowest BCUT2D eigenvalue weighted by Gasteiger charge is -2.25. The summed E-state index contributed by atoms with van der Waals surface area (Å²) >= 11 is 3.29. The predicted octanol–water partition coefficient (Wildman–Crippen LogP) is 2.99. The molecular weight excluding hydrogens is 322 g/mol. The van der Waals surface area contributed by atoms with E-state index < -0.39 is 0 Å². The minimum atomic E-state index is 0.0225. The van der Waals surface area contributed by atoms with Crippen molar-refractivity contribution in [3.8, 4) is 11.5 Å². The van der Waals surface area contributed by atoms with E-state index in [1.54, 1.807) is 24.5 Å². The van der Waals surface area contributed by atoms with E-state index in [2.05, 4.69) is 30.8 Å². The number of hydrogen-bond donors (Lipinski definition) is 2. The van der Waals surface area contributed by atoms with Crippen molar-refractivity contribution in [3.05, 3.63) is 40.6 Å². The van der Waals surface area contributed by atoms with Crippen LogP contribution in [-0.4, -0.2) is 26.7 Å². The second-order valence-electron chi connectivity index (χ2n) is 4.76. The van der Waals surface area contributed by atoms with Crippen molar-refractivity contribution in [2.24, 2.45) is 0 Å². The van der Waals surface area contributed by atoms with E-state index in [0.29, 0.717) is 10.4 Å². The third-order valence-electron chi connectivity index (χ3n) is 3.52. The normalized spacial score (nSPS) is 18.4. The van der Waals surface area contributed by atoms with Crippen LogP contribution in [-0.2, 0) is 0 Å². The largest absolute Gasteiger partial charge is 0.507 e. The van der Waals surface area contributed by atoms with Crippen molar-refractivity contribution < 1.29 is 10.2 Å². The average Bonchev–Trinajstić information content (AvgIpc) is 2.93. The maximum atomic E-state index is 10.1. The molecule has 1 aliphatic heterocycles. The van der Waals surface area contributed by atoms with E-state index in [-0.39, 0.29) is 17.5 Å². The zero-order valence-corrected chi connectivity index (χ0v) is 12.3. The number of phenolic OH excluding ortho intramolecular Hbond substituents is 2. The van der Waals surface area contributed by atoms with Gasteiger partial charge in [-0.25, -0.2) is 9.97 Å². The van der Waals surface area contributed by atoms with Crippen LogP contribution in [0.2, 0.25) is 0 Å². The second-order valence-corrected chi connectivity index (χ2v) is 5.62. The third-order valence-corrected chi connectivity index (χ3v) is 4.15. The predicted molar refractivity (Wildman–Crippen MR) is 78.8 cm³/mol. The molecule has 1 saturated heterocycles. The minimum absolute atomic E-state index is 0.0225. The highest BCUT2D eigenvalue weighted by Gasteiger charge is 2.30. The molecule has 1 unspecified atom stereocenters. The molecule has 1 aromatic carbocycles. The lowest BCUT2D eigenvalue weighted by atomic mass is 10.0. The van der Waals surface area contributed by atoms with Crippen molar-refractivity contribution in [3.63, 3.8) is 0 Å². The molecular formula is C14H14BrN3O2. The average molecular weight is 336 g/mol. The van der Waals surface area contributed by atoms with Crippen LogP contribution in [0.3, 0.4) is 0 Å². The molecule has 0 radical (unpaired) electrons. The summed E-state index contributed by atoms with van der Waals surface area (Å²) in [5.41, 5.74) is 0.777. The molecule has 0 bridgehead atoms. The Balaban J connectivity index is 1.99.